The Morgan fingerprint density at radius 2 is 1.80 bits per heavy atom. The topological polar surface area (TPSA) is 63.4 Å². The lowest BCUT2D eigenvalue weighted by molar-refractivity contribution is -0.551. The van der Waals surface area contributed by atoms with E-state index in [9.17, 15) is 24.0 Å². The van der Waals surface area contributed by atoms with Crippen LogP contribution in [0.5, 0.6) is 0 Å². The van der Waals surface area contributed by atoms with Crippen LogP contribution in [0.15, 0.2) is 30.3 Å². The number of alkyl halides is 2. The molecule has 4 nitrogen and oxygen atoms in total. The zero-order valence-corrected chi connectivity index (χ0v) is 7.59. The highest BCUT2D eigenvalue weighted by atomic mass is 19.3. The van der Waals surface area contributed by atoms with Gasteiger partial charge in [0.15, 0.2) is 6.10 Å². The molecule has 0 aromatic heterocycles. The highest BCUT2D eigenvalue weighted by molar-refractivity contribution is 5.18. The monoisotopic (exact) mass is 217 g/mol. The van der Waals surface area contributed by atoms with E-state index in [2.05, 4.69) is 0 Å². The van der Waals surface area contributed by atoms with Gasteiger partial charge < -0.3 is 5.11 Å². The Bertz CT molecular complexity index is 331. The lowest BCUT2D eigenvalue weighted by atomic mass is 10.0. The molecule has 1 N–H and O–H groups in total. The number of nitrogens with zero attached hydrogens (tertiary/aromatic N) is 1. The standard InChI is InChI=1S/C9H9F2NO3/c10-9(11)7(12(14)15)8(13)6-4-2-1-3-5-6/h1-5,7-9,13H. The molecule has 0 aliphatic carbocycles. The summed E-state index contributed by atoms with van der Waals surface area (Å²) in [6, 6.07) is 5.10. The summed E-state index contributed by atoms with van der Waals surface area (Å²) in [6.45, 7) is 0. The van der Waals surface area contributed by atoms with Gasteiger partial charge >= 0.3 is 12.5 Å². The zero-order valence-electron chi connectivity index (χ0n) is 7.59. The Kier molecular flexibility index (Phi) is 3.68. The van der Waals surface area contributed by atoms with Gasteiger partial charge in [-0.2, -0.15) is 0 Å². The largest absolute Gasteiger partial charge is 0.381 e. The molecule has 0 saturated heterocycles. The number of halogens is 2. The van der Waals surface area contributed by atoms with Crippen LogP contribution in [0.2, 0.25) is 0 Å². The van der Waals surface area contributed by atoms with E-state index in [1.807, 2.05) is 0 Å². The summed E-state index contributed by atoms with van der Waals surface area (Å²) in [7, 11) is 0. The predicted molar refractivity (Wildman–Crippen MR) is 48.2 cm³/mol. The number of hydrogen-bond acceptors (Lipinski definition) is 3. The molecular formula is C9H9F2NO3. The van der Waals surface area contributed by atoms with E-state index in [0.29, 0.717) is 0 Å². The fourth-order valence-electron chi connectivity index (χ4n) is 1.19. The van der Waals surface area contributed by atoms with Gasteiger partial charge in [0.25, 0.3) is 0 Å². The molecule has 1 aromatic rings. The second kappa shape index (κ2) is 4.79. The molecule has 2 unspecified atom stereocenters. The molecule has 0 spiro atoms. The fourth-order valence-corrected chi connectivity index (χ4v) is 1.19. The highest BCUT2D eigenvalue weighted by Crippen LogP contribution is 2.22. The van der Waals surface area contributed by atoms with Gasteiger partial charge in [0, 0.05) is 4.92 Å². The van der Waals surface area contributed by atoms with Crippen molar-refractivity contribution in [1.29, 1.82) is 0 Å². The van der Waals surface area contributed by atoms with E-state index in [1.165, 1.54) is 24.3 Å². The molecule has 1 rings (SSSR count). The van der Waals surface area contributed by atoms with Crippen LogP contribution in [-0.4, -0.2) is 22.5 Å². The number of nitro groups is 1. The summed E-state index contributed by atoms with van der Waals surface area (Å²) in [6.07, 6.45) is -4.99. The summed E-state index contributed by atoms with van der Waals surface area (Å²) in [5.74, 6) is 0. The van der Waals surface area contributed by atoms with Gasteiger partial charge in [0.05, 0.1) is 0 Å². The first-order valence-corrected chi connectivity index (χ1v) is 4.18. The minimum atomic E-state index is -3.20. The molecule has 0 aliphatic rings. The lowest BCUT2D eigenvalue weighted by Gasteiger charge is -2.15. The van der Waals surface area contributed by atoms with Gasteiger partial charge in [-0.25, -0.2) is 8.78 Å². The second-order valence-corrected chi connectivity index (χ2v) is 2.97. The summed E-state index contributed by atoms with van der Waals surface area (Å²) in [5, 5.41) is 19.7. The molecule has 0 heterocycles. The van der Waals surface area contributed by atoms with Crippen molar-refractivity contribution in [2.75, 3.05) is 0 Å². The minimum absolute atomic E-state index is 0.111. The van der Waals surface area contributed by atoms with E-state index in [-0.39, 0.29) is 5.56 Å². The van der Waals surface area contributed by atoms with Crippen LogP contribution in [0.25, 0.3) is 0 Å². The molecule has 0 saturated carbocycles. The van der Waals surface area contributed by atoms with Gasteiger partial charge in [0.1, 0.15) is 0 Å². The normalized spacial score (nSPS) is 14.9. The summed E-state index contributed by atoms with van der Waals surface area (Å²) in [5.41, 5.74) is 0.111. The molecule has 6 heteroatoms. The van der Waals surface area contributed by atoms with Gasteiger partial charge in [-0.3, -0.25) is 10.1 Å². The van der Waals surface area contributed by atoms with Crippen molar-refractivity contribution in [2.45, 2.75) is 18.6 Å². The van der Waals surface area contributed by atoms with Crippen molar-refractivity contribution in [3.8, 4) is 0 Å². The number of rotatable bonds is 4. The third-order valence-corrected chi connectivity index (χ3v) is 1.97. The first kappa shape index (κ1) is 11.5. The maximum Gasteiger partial charge on any atom is 0.307 e. The molecule has 0 amide bonds. The van der Waals surface area contributed by atoms with Crippen LogP contribution in [0.3, 0.4) is 0 Å². The third-order valence-electron chi connectivity index (χ3n) is 1.97. The third kappa shape index (κ3) is 2.69. The molecule has 82 valence electrons. The maximum absolute atomic E-state index is 12.3. The predicted octanol–water partition coefficient (Wildman–Crippen LogP) is 1.63. The van der Waals surface area contributed by atoms with Crippen LogP contribution < -0.4 is 0 Å². The number of benzene rings is 1. The van der Waals surface area contributed by atoms with E-state index in [0.717, 1.165) is 0 Å². The number of hydrogen-bond donors (Lipinski definition) is 1. The van der Waals surface area contributed by atoms with E-state index in [1.54, 1.807) is 6.07 Å². The first-order chi connectivity index (χ1) is 7.04. The van der Waals surface area contributed by atoms with E-state index >= 15 is 0 Å². The van der Waals surface area contributed by atoms with Crippen molar-refractivity contribution in [1.82, 2.24) is 0 Å². The van der Waals surface area contributed by atoms with Crippen LogP contribution in [0, 0.1) is 10.1 Å². The minimum Gasteiger partial charge on any atom is -0.381 e. The summed E-state index contributed by atoms with van der Waals surface area (Å²) in [4.78, 5) is 9.16. The quantitative estimate of drug-likeness (QED) is 0.615. The van der Waals surface area contributed by atoms with Crippen LogP contribution >= 0.6 is 0 Å². The average molecular weight is 217 g/mol. The molecule has 0 fully saturated rings. The van der Waals surface area contributed by atoms with E-state index in [4.69, 9.17) is 0 Å². The van der Waals surface area contributed by atoms with Crippen molar-refractivity contribution in [2.24, 2.45) is 0 Å². The lowest BCUT2D eigenvalue weighted by Crippen LogP contribution is -2.34. The summed E-state index contributed by atoms with van der Waals surface area (Å²) < 4.78 is 24.6. The molecular weight excluding hydrogens is 208 g/mol. The van der Waals surface area contributed by atoms with Crippen LogP contribution in [0.4, 0.5) is 8.78 Å². The smallest absolute Gasteiger partial charge is 0.307 e. The summed E-state index contributed by atoms with van der Waals surface area (Å²) >= 11 is 0. The zero-order chi connectivity index (χ0) is 11.4. The Balaban J connectivity index is 2.91. The fraction of sp³-hybridized carbons (Fsp3) is 0.333. The van der Waals surface area contributed by atoms with Crippen molar-refractivity contribution in [3.05, 3.63) is 46.0 Å². The Morgan fingerprint density at radius 3 is 2.20 bits per heavy atom. The van der Waals surface area contributed by atoms with Crippen molar-refractivity contribution >= 4 is 0 Å². The van der Waals surface area contributed by atoms with Crippen LogP contribution in [-0.2, 0) is 0 Å². The van der Waals surface area contributed by atoms with E-state index < -0.39 is 23.5 Å². The van der Waals surface area contributed by atoms with Crippen molar-refractivity contribution in [3.63, 3.8) is 0 Å². The molecule has 15 heavy (non-hydrogen) atoms. The van der Waals surface area contributed by atoms with Gasteiger partial charge in [-0.15, -0.1) is 0 Å². The SMILES string of the molecule is O=[N+]([O-])C(C(F)F)C(O)c1ccccc1. The Hall–Kier alpha value is -1.56. The number of aliphatic hydroxyl groups excluding tert-OH is 1. The molecule has 0 radical (unpaired) electrons. The Morgan fingerprint density at radius 1 is 1.27 bits per heavy atom. The van der Waals surface area contributed by atoms with Gasteiger partial charge in [-0.1, -0.05) is 30.3 Å². The molecule has 2 atom stereocenters. The average Bonchev–Trinajstić information content (AvgIpc) is 2.18. The second-order valence-electron chi connectivity index (χ2n) is 2.97. The highest BCUT2D eigenvalue weighted by Gasteiger charge is 2.39. The molecule has 0 bridgehead atoms. The number of aliphatic hydroxyl groups is 1. The Labute approximate surface area is 84.3 Å². The first-order valence-electron chi connectivity index (χ1n) is 4.18. The van der Waals surface area contributed by atoms with Crippen molar-refractivity contribution < 1.29 is 18.8 Å². The van der Waals surface area contributed by atoms with Crippen LogP contribution in [0.1, 0.15) is 11.7 Å². The maximum atomic E-state index is 12.3. The molecule has 1 aromatic carbocycles. The van der Waals surface area contributed by atoms with Gasteiger partial charge in [0.2, 0.25) is 0 Å². The van der Waals surface area contributed by atoms with Gasteiger partial charge in [-0.05, 0) is 5.56 Å². The molecule has 0 aliphatic heterocycles.